The van der Waals surface area contributed by atoms with Gasteiger partial charge in [-0.3, -0.25) is 4.79 Å². The lowest BCUT2D eigenvalue weighted by Crippen LogP contribution is -2.48. The molecule has 0 spiro atoms. The molecule has 25 heavy (non-hydrogen) atoms. The van der Waals surface area contributed by atoms with Gasteiger partial charge in [-0.2, -0.15) is 0 Å². The van der Waals surface area contributed by atoms with Crippen LogP contribution in [-0.2, 0) is 19.4 Å². The van der Waals surface area contributed by atoms with Crippen LogP contribution in [0.5, 0.6) is 5.75 Å². The maximum absolute atomic E-state index is 12.5. The summed E-state index contributed by atoms with van der Waals surface area (Å²) in [5.41, 5.74) is 0.226. The molecule has 1 aromatic carbocycles. The smallest absolute Gasteiger partial charge is 0.338 e. The molecule has 1 amide bonds. The van der Waals surface area contributed by atoms with Crippen LogP contribution in [0.2, 0.25) is 0 Å². The second kappa shape index (κ2) is 7.86. The van der Waals surface area contributed by atoms with Crippen molar-refractivity contribution in [1.82, 2.24) is 4.90 Å². The van der Waals surface area contributed by atoms with Crippen LogP contribution in [0.15, 0.2) is 24.3 Å². The standard InChI is InChI=1S/C17H23NO6S/c1-3-12(2)18(14-8-9-25(22,23)11-14)16(20)10-24-17(21)13-4-6-15(19)7-5-13/h4-7,12,14,19H,3,8-11H2,1-2H3/t12-,14+/m1/s1. The highest BCUT2D eigenvalue weighted by Crippen LogP contribution is 2.21. The number of nitrogens with zero attached hydrogens (tertiary/aromatic N) is 1. The lowest BCUT2D eigenvalue weighted by molar-refractivity contribution is -0.138. The van der Waals surface area contributed by atoms with E-state index in [1.165, 1.54) is 29.2 Å². The monoisotopic (exact) mass is 369 g/mol. The fraction of sp³-hybridized carbons (Fsp3) is 0.529. The number of sulfone groups is 1. The van der Waals surface area contributed by atoms with Crippen molar-refractivity contribution in [3.05, 3.63) is 29.8 Å². The van der Waals surface area contributed by atoms with Crippen LogP contribution in [0, 0.1) is 0 Å². The van der Waals surface area contributed by atoms with E-state index in [9.17, 15) is 23.1 Å². The minimum absolute atomic E-state index is 0.0259. The number of carbonyl (C=O) groups is 2. The third kappa shape index (κ3) is 4.94. The van der Waals surface area contributed by atoms with Crippen LogP contribution in [0.4, 0.5) is 0 Å². The maximum atomic E-state index is 12.5. The fourth-order valence-electron chi connectivity index (χ4n) is 2.88. The zero-order valence-electron chi connectivity index (χ0n) is 14.3. The molecule has 0 aromatic heterocycles. The van der Waals surface area contributed by atoms with Crippen LogP contribution >= 0.6 is 0 Å². The Balaban J connectivity index is 2.02. The number of esters is 1. The van der Waals surface area contributed by atoms with Gasteiger partial charge < -0.3 is 14.7 Å². The number of hydrogen-bond acceptors (Lipinski definition) is 6. The van der Waals surface area contributed by atoms with Crippen molar-refractivity contribution in [2.75, 3.05) is 18.1 Å². The summed E-state index contributed by atoms with van der Waals surface area (Å²) in [7, 11) is -3.12. The molecule has 2 atom stereocenters. The number of phenolic OH excluding ortho intramolecular Hbond substituents is 1. The first kappa shape index (κ1) is 19.2. The van der Waals surface area contributed by atoms with E-state index in [1.54, 1.807) is 0 Å². The van der Waals surface area contributed by atoms with Crippen LogP contribution in [0.1, 0.15) is 37.0 Å². The SMILES string of the molecule is CC[C@@H](C)N(C(=O)COC(=O)c1ccc(O)cc1)[C@H]1CCS(=O)(=O)C1. The lowest BCUT2D eigenvalue weighted by atomic mass is 10.1. The van der Waals surface area contributed by atoms with Crippen LogP contribution in [0.3, 0.4) is 0 Å². The predicted molar refractivity (Wildman–Crippen MR) is 92.0 cm³/mol. The van der Waals surface area contributed by atoms with Gasteiger partial charge in [-0.1, -0.05) is 6.92 Å². The van der Waals surface area contributed by atoms with Crippen molar-refractivity contribution in [1.29, 1.82) is 0 Å². The molecule has 8 heteroatoms. The largest absolute Gasteiger partial charge is 0.508 e. The van der Waals surface area contributed by atoms with Gasteiger partial charge in [0.15, 0.2) is 16.4 Å². The Morgan fingerprint density at radius 1 is 1.32 bits per heavy atom. The van der Waals surface area contributed by atoms with E-state index in [0.717, 1.165) is 0 Å². The molecule has 1 aliphatic rings. The molecule has 1 heterocycles. The number of amides is 1. The molecule has 1 aliphatic heterocycles. The van der Waals surface area contributed by atoms with Crippen molar-refractivity contribution in [2.24, 2.45) is 0 Å². The summed E-state index contributed by atoms with van der Waals surface area (Å²) in [6.45, 7) is 3.32. The highest BCUT2D eigenvalue weighted by Gasteiger charge is 2.36. The van der Waals surface area contributed by atoms with E-state index in [2.05, 4.69) is 0 Å². The number of rotatable bonds is 6. The summed E-state index contributed by atoms with van der Waals surface area (Å²) < 4.78 is 28.5. The molecule has 7 nitrogen and oxygen atoms in total. The van der Waals surface area contributed by atoms with Gasteiger partial charge in [0.1, 0.15) is 5.75 Å². The Labute approximate surface area is 147 Å². The maximum Gasteiger partial charge on any atom is 0.338 e. The van der Waals surface area contributed by atoms with Crippen LogP contribution in [0.25, 0.3) is 0 Å². The summed E-state index contributed by atoms with van der Waals surface area (Å²) in [5, 5.41) is 9.22. The van der Waals surface area contributed by atoms with E-state index < -0.39 is 28.3 Å². The minimum Gasteiger partial charge on any atom is -0.508 e. The van der Waals surface area contributed by atoms with Gasteiger partial charge in [0.2, 0.25) is 0 Å². The first-order valence-corrected chi connectivity index (χ1v) is 10.0. The van der Waals surface area contributed by atoms with Gasteiger partial charge >= 0.3 is 5.97 Å². The Morgan fingerprint density at radius 2 is 1.96 bits per heavy atom. The highest BCUT2D eigenvalue weighted by atomic mass is 32.2. The summed E-state index contributed by atoms with van der Waals surface area (Å²) >= 11 is 0. The van der Waals surface area contributed by atoms with Crippen LogP contribution in [-0.4, -0.2) is 60.5 Å². The summed E-state index contributed by atoms with van der Waals surface area (Å²) in [6, 6.07) is 4.99. The average Bonchev–Trinajstić information content (AvgIpc) is 2.92. The molecule has 1 N–H and O–H groups in total. The number of carbonyl (C=O) groups excluding carboxylic acids is 2. The molecule has 0 unspecified atom stereocenters. The number of benzene rings is 1. The second-order valence-electron chi connectivity index (χ2n) is 6.24. The molecule has 1 aromatic rings. The van der Waals surface area contributed by atoms with E-state index in [1.807, 2.05) is 13.8 Å². The van der Waals surface area contributed by atoms with Crippen LogP contribution < -0.4 is 0 Å². The van der Waals surface area contributed by atoms with Gasteiger partial charge in [0.25, 0.3) is 5.91 Å². The van der Waals surface area contributed by atoms with E-state index >= 15 is 0 Å². The molecule has 1 fully saturated rings. The van der Waals surface area contributed by atoms with E-state index in [-0.39, 0.29) is 34.9 Å². The zero-order chi connectivity index (χ0) is 18.6. The van der Waals surface area contributed by atoms with Gasteiger partial charge in [-0.05, 0) is 44.0 Å². The molecule has 0 saturated carbocycles. The second-order valence-corrected chi connectivity index (χ2v) is 8.47. The van der Waals surface area contributed by atoms with E-state index in [4.69, 9.17) is 4.74 Å². The molecule has 1 saturated heterocycles. The Morgan fingerprint density at radius 3 is 2.48 bits per heavy atom. The van der Waals surface area contributed by atoms with Gasteiger partial charge in [-0.25, -0.2) is 13.2 Å². The quantitative estimate of drug-likeness (QED) is 0.760. The summed E-state index contributed by atoms with van der Waals surface area (Å²) in [4.78, 5) is 26.1. The molecule has 0 aliphatic carbocycles. The fourth-order valence-corrected chi connectivity index (χ4v) is 4.59. The Hall–Kier alpha value is -2.09. The first-order valence-electron chi connectivity index (χ1n) is 8.21. The number of aromatic hydroxyl groups is 1. The molecule has 0 bridgehead atoms. The number of hydrogen-bond donors (Lipinski definition) is 1. The third-order valence-corrected chi connectivity index (χ3v) is 6.14. The van der Waals surface area contributed by atoms with Crippen molar-refractivity contribution < 1.29 is 27.9 Å². The molecular weight excluding hydrogens is 346 g/mol. The molecule has 2 rings (SSSR count). The molecule has 0 radical (unpaired) electrons. The summed E-state index contributed by atoms with van der Waals surface area (Å²) in [6.07, 6.45) is 1.08. The van der Waals surface area contributed by atoms with Crippen molar-refractivity contribution in [3.63, 3.8) is 0 Å². The molecule has 138 valence electrons. The normalized spacial score (nSPS) is 20.0. The summed E-state index contributed by atoms with van der Waals surface area (Å²) in [5.74, 6) is -1.02. The number of ether oxygens (including phenoxy) is 1. The Kier molecular flexibility index (Phi) is 6.05. The highest BCUT2D eigenvalue weighted by molar-refractivity contribution is 7.91. The van der Waals surface area contributed by atoms with Crippen molar-refractivity contribution in [3.8, 4) is 5.75 Å². The van der Waals surface area contributed by atoms with Crippen molar-refractivity contribution in [2.45, 2.75) is 38.8 Å². The number of phenols is 1. The molecular formula is C17H23NO6S. The third-order valence-electron chi connectivity index (χ3n) is 4.39. The zero-order valence-corrected chi connectivity index (χ0v) is 15.2. The van der Waals surface area contributed by atoms with Gasteiger partial charge in [-0.15, -0.1) is 0 Å². The first-order chi connectivity index (χ1) is 11.7. The minimum atomic E-state index is -3.12. The van der Waals surface area contributed by atoms with Crippen molar-refractivity contribution >= 4 is 21.7 Å². The topological polar surface area (TPSA) is 101 Å². The predicted octanol–water partition coefficient (Wildman–Crippen LogP) is 1.36. The lowest BCUT2D eigenvalue weighted by Gasteiger charge is -2.33. The van der Waals surface area contributed by atoms with Gasteiger partial charge in [0.05, 0.1) is 17.1 Å². The average molecular weight is 369 g/mol. The van der Waals surface area contributed by atoms with E-state index in [0.29, 0.717) is 12.8 Å². The Bertz CT molecular complexity index is 728. The van der Waals surface area contributed by atoms with Gasteiger partial charge in [0, 0.05) is 12.1 Å².